The van der Waals surface area contributed by atoms with Gasteiger partial charge in [0.2, 0.25) is 0 Å². The van der Waals surface area contributed by atoms with Gasteiger partial charge in [-0.25, -0.2) is 0 Å². The zero-order valence-corrected chi connectivity index (χ0v) is 21.5. The van der Waals surface area contributed by atoms with Gasteiger partial charge in [0.1, 0.15) is 6.10 Å². The van der Waals surface area contributed by atoms with Gasteiger partial charge in [0.25, 0.3) is 0 Å². The van der Waals surface area contributed by atoms with Gasteiger partial charge in [0.15, 0.2) is 20.4 Å². The van der Waals surface area contributed by atoms with Gasteiger partial charge >= 0.3 is 0 Å². The van der Waals surface area contributed by atoms with Crippen molar-refractivity contribution in [1.29, 1.82) is 0 Å². The van der Waals surface area contributed by atoms with E-state index in [1.807, 2.05) is 13.8 Å². The Morgan fingerprint density at radius 2 is 1.90 bits per heavy atom. The zero-order valence-electron chi connectivity index (χ0n) is 20.5. The van der Waals surface area contributed by atoms with Gasteiger partial charge in [-0.2, -0.15) is 0 Å². The van der Waals surface area contributed by atoms with E-state index in [9.17, 15) is 0 Å². The molecule has 176 valence electrons. The van der Waals surface area contributed by atoms with Crippen molar-refractivity contribution in [3.05, 3.63) is 12.2 Å². The molecule has 2 heterocycles. The van der Waals surface area contributed by atoms with E-state index in [1.165, 1.54) is 6.42 Å². The Balaban J connectivity index is 1.75. The second-order valence-electron chi connectivity index (χ2n) is 10.7. The summed E-state index contributed by atoms with van der Waals surface area (Å²) in [6, 6.07) is 0. The van der Waals surface area contributed by atoms with Gasteiger partial charge in [-0.3, -0.25) is 0 Å². The fourth-order valence-corrected chi connectivity index (χ4v) is 4.54. The number of ether oxygens (including phenoxy) is 4. The Morgan fingerprint density at radius 1 is 1.13 bits per heavy atom. The van der Waals surface area contributed by atoms with Gasteiger partial charge < -0.3 is 23.4 Å². The third-order valence-electron chi connectivity index (χ3n) is 6.44. The number of rotatable bonds is 11. The number of unbranched alkanes of at least 4 members (excludes halogenated alkanes) is 2. The van der Waals surface area contributed by atoms with Crippen LogP contribution in [0, 0.1) is 0 Å². The third-order valence-corrected chi connectivity index (χ3v) is 11.0. The normalized spacial score (nSPS) is 26.4. The van der Waals surface area contributed by atoms with Crippen LogP contribution in [0.15, 0.2) is 12.2 Å². The second-order valence-corrected chi connectivity index (χ2v) is 15.5. The van der Waals surface area contributed by atoms with Crippen molar-refractivity contribution in [2.45, 2.75) is 122 Å². The first-order valence-corrected chi connectivity index (χ1v) is 14.8. The first-order valence-electron chi connectivity index (χ1n) is 11.9. The maximum Gasteiger partial charge on any atom is 0.191 e. The molecule has 2 rings (SSSR count). The molecular weight excluding hydrogens is 396 g/mol. The molecule has 0 saturated carbocycles. The van der Waals surface area contributed by atoms with E-state index in [4.69, 9.17) is 23.4 Å². The molecule has 0 N–H and O–H groups in total. The van der Waals surface area contributed by atoms with Crippen LogP contribution in [0.5, 0.6) is 0 Å². The van der Waals surface area contributed by atoms with E-state index in [2.05, 4.69) is 46.0 Å². The molecule has 0 aromatic rings. The van der Waals surface area contributed by atoms with Crippen LogP contribution in [0.2, 0.25) is 18.1 Å². The molecule has 0 aromatic carbocycles. The summed E-state index contributed by atoms with van der Waals surface area (Å²) in [5.74, 6) is -0.498. The lowest BCUT2D eigenvalue weighted by Gasteiger charge is -2.36. The van der Waals surface area contributed by atoms with Crippen LogP contribution >= 0.6 is 0 Å². The highest BCUT2D eigenvalue weighted by molar-refractivity contribution is 6.74. The van der Waals surface area contributed by atoms with Crippen LogP contribution in [-0.4, -0.2) is 52.4 Å². The van der Waals surface area contributed by atoms with Crippen molar-refractivity contribution < 1.29 is 23.4 Å². The smallest absolute Gasteiger partial charge is 0.191 e. The molecule has 2 unspecified atom stereocenters. The Bertz CT molecular complexity index is 520. The van der Waals surface area contributed by atoms with Gasteiger partial charge in [-0.05, 0) is 64.1 Å². The molecule has 3 atom stereocenters. The van der Waals surface area contributed by atoms with Crippen LogP contribution in [-0.2, 0) is 23.4 Å². The standard InChI is InChI=1S/C24H46O5Si/c1-23(2,3)30(6,7)27-18-11-8-9-13-20(28-22-14-10-12-17-25-22)15-16-21-19-26-24(4,5)29-21/h15-16,20-22H,8-14,17-19H2,1-7H3/b16-15+/t20?,21-,22?/m0/s1. The van der Waals surface area contributed by atoms with Gasteiger partial charge in [-0.1, -0.05) is 45.8 Å². The van der Waals surface area contributed by atoms with Crippen molar-refractivity contribution in [1.82, 2.24) is 0 Å². The van der Waals surface area contributed by atoms with E-state index < -0.39 is 14.1 Å². The molecule has 0 aromatic heterocycles. The molecule has 0 amide bonds. The van der Waals surface area contributed by atoms with Crippen LogP contribution in [0.4, 0.5) is 0 Å². The molecule has 2 aliphatic rings. The molecule has 0 bridgehead atoms. The average molecular weight is 443 g/mol. The summed E-state index contributed by atoms with van der Waals surface area (Å²) >= 11 is 0. The van der Waals surface area contributed by atoms with E-state index in [1.54, 1.807) is 0 Å². The molecule has 5 nitrogen and oxygen atoms in total. The van der Waals surface area contributed by atoms with Crippen LogP contribution in [0.3, 0.4) is 0 Å². The first kappa shape index (κ1) is 26.0. The number of hydrogen-bond donors (Lipinski definition) is 0. The minimum Gasteiger partial charge on any atom is -0.417 e. The van der Waals surface area contributed by atoms with E-state index in [-0.39, 0.29) is 23.5 Å². The summed E-state index contributed by atoms with van der Waals surface area (Å²) in [7, 11) is -1.63. The molecule has 0 aliphatic carbocycles. The van der Waals surface area contributed by atoms with Crippen molar-refractivity contribution in [3.8, 4) is 0 Å². The first-order chi connectivity index (χ1) is 14.0. The molecule has 0 spiro atoms. The lowest BCUT2D eigenvalue weighted by Crippen LogP contribution is -2.40. The molecule has 2 fully saturated rings. The third kappa shape index (κ3) is 9.09. The van der Waals surface area contributed by atoms with Crippen LogP contribution in [0.25, 0.3) is 0 Å². The second kappa shape index (κ2) is 11.6. The van der Waals surface area contributed by atoms with Gasteiger partial charge in [-0.15, -0.1) is 0 Å². The highest BCUT2D eigenvalue weighted by Crippen LogP contribution is 2.36. The number of hydrogen-bond acceptors (Lipinski definition) is 5. The summed E-state index contributed by atoms with van der Waals surface area (Å²) in [6.45, 7) is 17.7. The fraction of sp³-hybridized carbons (Fsp3) is 0.917. The largest absolute Gasteiger partial charge is 0.417 e. The lowest BCUT2D eigenvalue weighted by molar-refractivity contribution is -0.179. The molecule has 2 aliphatic heterocycles. The molecule has 0 radical (unpaired) electrons. The predicted molar refractivity (Wildman–Crippen MR) is 124 cm³/mol. The minimum absolute atomic E-state index is 0.00337. The maximum atomic E-state index is 6.30. The highest BCUT2D eigenvalue weighted by atomic mass is 28.4. The average Bonchev–Trinajstić information content (AvgIpc) is 3.01. The van der Waals surface area contributed by atoms with Gasteiger partial charge in [0.05, 0.1) is 12.7 Å². The van der Waals surface area contributed by atoms with E-state index in [0.717, 1.165) is 51.7 Å². The monoisotopic (exact) mass is 442 g/mol. The Kier molecular flexibility index (Phi) is 10.0. The van der Waals surface area contributed by atoms with Crippen LogP contribution < -0.4 is 0 Å². The lowest BCUT2D eigenvalue weighted by atomic mass is 10.1. The summed E-state index contributed by atoms with van der Waals surface area (Å²) in [5.41, 5.74) is 0. The summed E-state index contributed by atoms with van der Waals surface area (Å²) in [5, 5.41) is 0.275. The Morgan fingerprint density at radius 3 is 2.50 bits per heavy atom. The summed E-state index contributed by atoms with van der Waals surface area (Å²) < 4.78 is 29.9. The molecule has 6 heteroatoms. The van der Waals surface area contributed by atoms with Crippen molar-refractivity contribution in [2.24, 2.45) is 0 Å². The SMILES string of the molecule is CC1(C)OC[C@H](/C=C/C(CCCCCO[Si](C)(C)C(C)(C)C)OC2CCCCO2)O1. The zero-order chi connectivity index (χ0) is 22.3. The van der Waals surface area contributed by atoms with Crippen LogP contribution in [0.1, 0.15) is 79.6 Å². The predicted octanol–water partition coefficient (Wildman–Crippen LogP) is 6.19. The van der Waals surface area contributed by atoms with Crippen molar-refractivity contribution >= 4 is 8.32 Å². The van der Waals surface area contributed by atoms with E-state index >= 15 is 0 Å². The van der Waals surface area contributed by atoms with E-state index in [0.29, 0.717) is 6.61 Å². The molecule has 30 heavy (non-hydrogen) atoms. The topological polar surface area (TPSA) is 46.2 Å². The fourth-order valence-electron chi connectivity index (χ4n) is 3.45. The minimum atomic E-state index is -1.63. The Labute approximate surface area is 186 Å². The quantitative estimate of drug-likeness (QED) is 0.217. The summed E-state index contributed by atoms with van der Waals surface area (Å²) in [4.78, 5) is 0. The Hall–Kier alpha value is -0.243. The highest BCUT2D eigenvalue weighted by Gasteiger charge is 2.36. The van der Waals surface area contributed by atoms with Crippen molar-refractivity contribution in [3.63, 3.8) is 0 Å². The van der Waals surface area contributed by atoms with Gasteiger partial charge in [0, 0.05) is 13.2 Å². The maximum absolute atomic E-state index is 6.30. The van der Waals surface area contributed by atoms with Crippen molar-refractivity contribution in [2.75, 3.05) is 19.8 Å². The molecular formula is C24H46O5Si. The summed E-state index contributed by atoms with van der Waals surface area (Å²) in [6.07, 6.45) is 11.9. The molecule has 2 saturated heterocycles.